The van der Waals surface area contributed by atoms with Gasteiger partial charge in [-0.05, 0) is 73.1 Å². The Morgan fingerprint density at radius 2 is 1.86 bits per heavy atom. The summed E-state index contributed by atoms with van der Waals surface area (Å²) >= 11 is 2.03. The lowest BCUT2D eigenvalue weighted by atomic mass is 9.71. The van der Waals surface area contributed by atoms with Crippen molar-refractivity contribution < 1.29 is 0 Å². The smallest absolute Gasteiger partial charge is 0.0249 e. The Kier molecular flexibility index (Phi) is 4.38. The van der Waals surface area contributed by atoms with Crippen molar-refractivity contribution in [3.8, 4) is 0 Å². The van der Waals surface area contributed by atoms with E-state index in [9.17, 15) is 0 Å². The lowest BCUT2D eigenvalue weighted by Gasteiger charge is -2.40. The number of nitrogens with two attached hydrogens (primary N) is 1. The van der Waals surface area contributed by atoms with Crippen LogP contribution in [0.3, 0.4) is 0 Å². The van der Waals surface area contributed by atoms with Gasteiger partial charge >= 0.3 is 0 Å². The molecule has 0 spiro atoms. The van der Waals surface area contributed by atoms with E-state index in [1.807, 2.05) is 11.8 Å². The van der Waals surface area contributed by atoms with Crippen LogP contribution in [0.2, 0.25) is 0 Å². The number of hydrogen-bond donors (Lipinski definition) is 1. The molecule has 2 aliphatic rings. The van der Waals surface area contributed by atoms with Crippen molar-refractivity contribution in [3.63, 3.8) is 0 Å². The third kappa shape index (κ3) is 3.48. The molecule has 2 aliphatic carbocycles. The summed E-state index contributed by atoms with van der Waals surface area (Å²) in [7, 11) is 0. The van der Waals surface area contributed by atoms with Crippen molar-refractivity contribution in [1.82, 2.24) is 0 Å². The van der Waals surface area contributed by atoms with E-state index < -0.39 is 0 Å². The third-order valence-corrected chi connectivity index (χ3v) is 6.80. The lowest BCUT2D eigenvalue weighted by molar-refractivity contribution is 0.174. The highest BCUT2D eigenvalue weighted by Gasteiger charge is 2.34. The number of thioether (sulfide) groups is 1. The average Bonchev–Trinajstić information content (AvgIpc) is 2.87. The molecule has 1 saturated carbocycles. The summed E-state index contributed by atoms with van der Waals surface area (Å²) in [5.41, 5.74) is 9.99. The van der Waals surface area contributed by atoms with Crippen molar-refractivity contribution in [2.75, 3.05) is 0 Å². The van der Waals surface area contributed by atoms with Gasteiger partial charge in [-0.25, -0.2) is 0 Å². The third-order valence-electron chi connectivity index (χ3n) is 5.42. The van der Waals surface area contributed by atoms with Crippen molar-refractivity contribution in [3.05, 3.63) is 29.3 Å². The summed E-state index contributed by atoms with van der Waals surface area (Å²) in [6.45, 7) is 7.14. The highest BCUT2D eigenvalue weighted by atomic mass is 32.2. The second kappa shape index (κ2) is 5.96. The molecule has 21 heavy (non-hydrogen) atoms. The van der Waals surface area contributed by atoms with Crippen molar-refractivity contribution in [2.45, 2.75) is 75.5 Å². The van der Waals surface area contributed by atoms with Crippen LogP contribution in [0, 0.1) is 11.3 Å². The minimum atomic E-state index is 0.363. The standard InChI is InChI=1S/C19H29NS/c1-19(2,3)15-8-10-17(20)18(12-15)21-16-9-7-13-5-4-6-14(13)11-16/h7,9,11,15,17-18H,4-6,8,10,12,20H2,1-3H3. The molecule has 0 bridgehead atoms. The molecule has 2 N–H and O–H groups in total. The van der Waals surface area contributed by atoms with Crippen LogP contribution in [0.5, 0.6) is 0 Å². The normalized spacial score (nSPS) is 29.4. The molecule has 1 fully saturated rings. The maximum atomic E-state index is 6.42. The van der Waals surface area contributed by atoms with Crippen LogP contribution in [0.4, 0.5) is 0 Å². The second-order valence-electron chi connectivity index (χ2n) is 7.98. The summed E-state index contributed by atoms with van der Waals surface area (Å²) in [5.74, 6) is 0.809. The number of aryl methyl sites for hydroxylation is 2. The number of hydrogen-bond acceptors (Lipinski definition) is 2. The van der Waals surface area contributed by atoms with E-state index in [2.05, 4.69) is 39.0 Å². The van der Waals surface area contributed by atoms with Gasteiger partial charge in [0, 0.05) is 16.2 Å². The van der Waals surface area contributed by atoms with Crippen LogP contribution in [0.25, 0.3) is 0 Å². The molecular formula is C19H29NS. The Bertz CT molecular complexity index is 503. The minimum absolute atomic E-state index is 0.363. The van der Waals surface area contributed by atoms with E-state index in [-0.39, 0.29) is 0 Å². The van der Waals surface area contributed by atoms with Crippen LogP contribution in [0.15, 0.2) is 23.1 Å². The molecule has 0 heterocycles. The van der Waals surface area contributed by atoms with Crippen LogP contribution in [-0.2, 0) is 12.8 Å². The Morgan fingerprint density at radius 3 is 2.62 bits per heavy atom. The topological polar surface area (TPSA) is 26.0 Å². The molecule has 0 saturated heterocycles. The molecular weight excluding hydrogens is 274 g/mol. The second-order valence-corrected chi connectivity index (χ2v) is 9.29. The first-order valence-corrected chi connectivity index (χ1v) is 9.35. The van der Waals surface area contributed by atoms with Crippen molar-refractivity contribution in [2.24, 2.45) is 17.1 Å². The van der Waals surface area contributed by atoms with Gasteiger partial charge in [-0.15, -0.1) is 11.8 Å². The Labute approximate surface area is 134 Å². The van der Waals surface area contributed by atoms with Crippen LogP contribution in [0.1, 0.15) is 57.6 Å². The highest BCUT2D eigenvalue weighted by Crippen LogP contribution is 2.43. The Hall–Kier alpha value is -0.470. The SMILES string of the molecule is CC(C)(C)C1CCC(N)C(Sc2ccc3c(c2)CCC3)C1. The first kappa shape index (κ1) is 15.4. The zero-order valence-corrected chi connectivity index (χ0v) is 14.5. The molecule has 0 radical (unpaired) electrons. The van der Waals surface area contributed by atoms with Gasteiger partial charge in [0.25, 0.3) is 0 Å². The van der Waals surface area contributed by atoms with Crippen molar-refractivity contribution >= 4 is 11.8 Å². The summed E-state index contributed by atoms with van der Waals surface area (Å²) in [4.78, 5) is 1.44. The van der Waals surface area contributed by atoms with Crippen molar-refractivity contribution in [1.29, 1.82) is 0 Å². The predicted octanol–water partition coefficient (Wildman–Crippen LogP) is 4.81. The molecule has 0 aromatic heterocycles. The molecule has 3 atom stereocenters. The molecule has 0 aliphatic heterocycles. The van der Waals surface area contributed by atoms with Gasteiger partial charge in [-0.1, -0.05) is 26.8 Å². The van der Waals surface area contributed by atoms with Gasteiger partial charge in [0.2, 0.25) is 0 Å². The predicted molar refractivity (Wildman–Crippen MR) is 92.9 cm³/mol. The molecule has 1 aromatic rings. The maximum absolute atomic E-state index is 6.42. The van der Waals surface area contributed by atoms with Gasteiger partial charge < -0.3 is 5.73 Å². The highest BCUT2D eigenvalue weighted by molar-refractivity contribution is 8.00. The van der Waals surface area contributed by atoms with Gasteiger partial charge in [0.15, 0.2) is 0 Å². The Morgan fingerprint density at radius 1 is 1.10 bits per heavy atom. The van der Waals surface area contributed by atoms with Crippen LogP contribution in [-0.4, -0.2) is 11.3 Å². The number of rotatable bonds is 2. The minimum Gasteiger partial charge on any atom is -0.327 e. The summed E-state index contributed by atoms with van der Waals surface area (Å²) < 4.78 is 0. The van der Waals surface area contributed by atoms with Gasteiger partial charge in [0.1, 0.15) is 0 Å². The monoisotopic (exact) mass is 303 g/mol. The van der Waals surface area contributed by atoms with E-state index in [0.29, 0.717) is 16.7 Å². The van der Waals surface area contributed by atoms with E-state index in [0.717, 1.165) is 5.92 Å². The molecule has 116 valence electrons. The average molecular weight is 304 g/mol. The number of fused-ring (bicyclic) bond motifs is 1. The molecule has 1 nitrogen and oxygen atoms in total. The Balaban J connectivity index is 1.70. The van der Waals surface area contributed by atoms with E-state index >= 15 is 0 Å². The first-order chi connectivity index (χ1) is 9.93. The fraction of sp³-hybridized carbons (Fsp3) is 0.684. The summed E-state index contributed by atoms with van der Waals surface area (Å²) in [6.07, 6.45) is 7.63. The summed E-state index contributed by atoms with van der Waals surface area (Å²) in [6, 6.07) is 7.46. The zero-order valence-electron chi connectivity index (χ0n) is 13.7. The molecule has 1 aromatic carbocycles. The fourth-order valence-corrected chi connectivity index (χ4v) is 5.22. The first-order valence-electron chi connectivity index (χ1n) is 8.47. The zero-order chi connectivity index (χ0) is 15.0. The van der Waals surface area contributed by atoms with Gasteiger partial charge in [0.05, 0.1) is 0 Å². The molecule has 2 heteroatoms. The van der Waals surface area contributed by atoms with Gasteiger partial charge in [-0.3, -0.25) is 0 Å². The van der Waals surface area contributed by atoms with E-state index in [1.165, 1.54) is 43.4 Å². The van der Waals surface area contributed by atoms with Crippen LogP contribution < -0.4 is 5.73 Å². The molecule has 3 unspecified atom stereocenters. The molecule has 0 amide bonds. The number of benzene rings is 1. The van der Waals surface area contributed by atoms with E-state index in [1.54, 1.807) is 11.1 Å². The van der Waals surface area contributed by atoms with Gasteiger partial charge in [-0.2, -0.15) is 0 Å². The maximum Gasteiger partial charge on any atom is 0.0249 e. The van der Waals surface area contributed by atoms with E-state index in [4.69, 9.17) is 5.73 Å². The largest absolute Gasteiger partial charge is 0.327 e. The lowest BCUT2D eigenvalue weighted by Crippen LogP contribution is -2.41. The fourth-order valence-electron chi connectivity index (χ4n) is 3.87. The van der Waals surface area contributed by atoms with Crippen LogP contribution >= 0.6 is 11.8 Å². The molecule has 3 rings (SSSR count). The quantitative estimate of drug-likeness (QED) is 0.848. The summed E-state index contributed by atoms with van der Waals surface area (Å²) in [5, 5.41) is 0.586.